The van der Waals surface area contributed by atoms with Gasteiger partial charge in [0.25, 0.3) is 5.91 Å². The van der Waals surface area contributed by atoms with Crippen molar-refractivity contribution in [1.82, 2.24) is 0 Å². The maximum Gasteiger partial charge on any atom is 0.264 e. The topological polar surface area (TPSA) is 65.4 Å². The molecule has 0 spiro atoms. The molecule has 0 saturated carbocycles. The van der Waals surface area contributed by atoms with Crippen LogP contribution >= 0.6 is 0 Å². The molecule has 0 saturated heterocycles. The number of benzene rings is 1. The van der Waals surface area contributed by atoms with Gasteiger partial charge in [0.2, 0.25) is 0 Å². The highest BCUT2D eigenvalue weighted by atomic mass is 16.5. The maximum absolute atomic E-state index is 11.6. The number of carbonyl (C=O) groups excluding carboxylic acids is 1. The third-order valence-corrected chi connectivity index (χ3v) is 3.08. The second-order valence-corrected chi connectivity index (χ2v) is 5.27. The summed E-state index contributed by atoms with van der Waals surface area (Å²) in [4.78, 5) is 13.2. The predicted molar refractivity (Wildman–Crippen MR) is 73.2 cm³/mol. The van der Waals surface area contributed by atoms with E-state index in [1.165, 1.54) is 0 Å². The van der Waals surface area contributed by atoms with Crippen molar-refractivity contribution in [2.24, 2.45) is 5.41 Å². The monoisotopic (exact) mass is 259 g/mol. The van der Waals surface area contributed by atoms with Crippen LogP contribution in [-0.2, 0) is 4.79 Å². The number of nitriles is 1. The molecular formula is C14H17N3O2. The molecule has 100 valence electrons. The van der Waals surface area contributed by atoms with Crippen molar-refractivity contribution in [3.63, 3.8) is 0 Å². The average Bonchev–Trinajstić information content (AvgIpc) is 2.41. The van der Waals surface area contributed by atoms with E-state index in [1.807, 2.05) is 32.0 Å². The minimum Gasteiger partial charge on any atom is -0.482 e. The summed E-state index contributed by atoms with van der Waals surface area (Å²) in [6.07, 6.45) is 0. The third-order valence-electron chi connectivity index (χ3n) is 3.08. The molecular weight excluding hydrogens is 242 g/mol. The minimum atomic E-state index is -0.436. The van der Waals surface area contributed by atoms with Gasteiger partial charge in [0, 0.05) is 19.3 Å². The lowest BCUT2D eigenvalue weighted by atomic mass is 9.96. The summed E-state index contributed by atoms with van der Waals surface area (Å²) in [6, 6.07) is 7.82. The first-order valence-electron chi connectivity index (χ1n) is 6.11. The molecule has 1 aliphatic heterocycles. The summed E-state index contributed by atoms with van der Waals surface area (Å²) in [5, 5.41) is 12.2. The molecule has 0 atom stereocenters. The molecule has 0 unspecified atom stereocenters. The lowest BCUT2D eigenvalue weighted by molar-refractivity contribution is -0.120. The van der Waals surface area contributed by atoms with E-state index in [1.54, 1.807) is 11.9 Å². The average molecular weight is 259 g/mol. The second-order valence-electron chi connectivity index (χ2n) is 5.27. The van der Waals surface area contributed by atoms with Crippen LogP contribution < -0.4 is 15.0 Å². The van der Waals surface area contributed by atoms with Crippen LogP contribution in [0, 0.1) is 16.7 Å². The smallest absolute Gasteiger partial charge is 0.264 e. The molecule has 0 radical (unpaired) electrons. The minimum absolute atomic E-state index is 0.0676. The van der Waals surface area contributed by atoms with Gasteiger partial charge in [0.15, 0.2) is 6.61 Å². The van der Waals surface area contributed by atoms with Gasteiger partial charge in [-0.25, -0.2) is 0 Å². The zero-order valence-electron chi connectivity index (χ0n) is 11.4. The zero-order chi connectivity index (χ0) is 14.0. The van der Waals surface area contributed by atoms with Crippen LogP contribution in [0.25, 0.3) is 0 Å². The number of nitrogens with one attached hydrogen (secondary N) is 1. The first-order valence-corrected chi connectivity index (χ1v) is 6.11. The van der Waals surface area contributed by atoms with Crippen LogP contribution in [0.4, 0.5) is 11.4 Å². The molecule has 0 aliphatic carbocycles. The Morgan fingerprint density at radius 3 is 2.95 bits per heavy atom. The summed E-state index contributed by atoms with van der Waals surface area (Å²) in [5.74, 6) is 0.634. The summed E-state index contributed by atoms with van der Waals surface area (Å²) in [7, 11) is 1.73. The molecule has 1 aromatic carbocycles. The Labute approximate surface area is 112 Å². The van der Waals surface area contributed by atoms with Gasteiger partial charge < -0.3 is 15.0 Å². The molecule has 1 N–H and O–H groups in total. The summed E-state index contributed by atoms with van der Waals surface area (Å²) < 4.78 is 5.36. The Morgan fingerprint density at radius 1 is 1.53 bits per heavy atom. The summed E-state index contributed by atoms with van der Waals surface area (Å²) in [5.41, 5.74) is 1.18. The molecule has 0 bridgehead atoms. The molecule has 1 heterocycles. The maximum atomic E-state index is 11.6. The van der Waals surface area contributed by atoms with Crippen molar-refractivity contribution in [2.75, 3.05) is 30.4 Å². The van der Waals surface area contributed by atoms with E-state index < -0.39 is 5.41 Å². The van der Waals surface area contributed by atoms with Crippen LogP contribution in [0.5, 0.6) is 5.75 Å². The van der Waals surface area contributed by atoms with Crippen LogP contribution in [0.2, 0.25) is 0 Å². The van der Waals surface area contributed by atoms with Gasteiger partial charge in [0.1, 0.15) is 5.75 Å². The third kappa shape index (κ3) is 2.79. The number of hydrogen-bond donors (Lipinski definition) is 1. The van der Waals surface area contributed by atoms with Crippen molar-refractivity contribution in [3.8, 4) is 11.8 Å². The number of fused-ring (bicyclic) bond motifs is 1. The number of carbonyl (C=O) groups is 1. The number of likely N-dealkylation sites (N-methyl/N-ethyl adjacent to an activating group) is 1. The van der Waals surface area contributed by atoms with E-state index in [0.717, 1.165) is 11.4 Å². The largest absolute Gasteiger partial charge is 0.482 e. The lowest BCUT2D eigenvalue weighted by Crippen LogP contribution is -2.35. The number of hydrogen-bond acceptors (Lipinski definition) is 4. The Kier molecular flexibility index (Phi) is 3.34. The van der Waals surface area contributed by atoms with Gasteiger partial charge in [-0.05, 0) is 32.0 Å². The van der Waals surface area contributed by atoms with E-state index >= 15 is 0 Å². The standard InChI is InChI=1S/C14H17N3O2/c1-14(2,8-15)9-16-10-4-5-12-11(6-10)17(3)13(18)7-19-12/h4-6,16H,7,9H2,1-3H3. The number of amides is 1. The van der Waals surface area contributed by atoms with Gasteiger partial charge in [-0.1, -0.05) is 0 Å². The fourth-order valence-corrected chi connectivity index (χ4v) is 1.74. The molecule has 1 aliphatic rings. The Hall–Kier alpha value is -2.22. The van der Waals surface area contributed by atoms with E-state index in [9.17, 15) is 4.79 Å². The van der Waals surface area contributed by atoms with Crippen LogP contribution in [0.15, 0.2) is 18.2 Å². The number of rotatable bonds is 3. The van der Waals surface area contributed by atoms with Crippen molar-refractivity contribution >= 4 is 17.3 Å². The van der Waals surface area contributed by atoms with E-state index in [-0.39, 0.29) is 12.5 Å². The predicted octanol–water partition coefficient (Wildman–Crippen LogP) is 2.00. The van der Waals surface area contributed by atoms with Crippen LogP contribution in [0.3, 0.4) is 0 Å². The van der Waals surface area contributed by atoms with Crippen molar-refractivity contribution in [3.05, 3.63) is 18.2 Å². The van der Waals surface area contributed by atoms with Crippen molar-refractivity contribution < 1.29 is 9.53 Å². The summed E-state index contributed by atoms with van der Waals surface area (Å²) >= 11 is 0. The molecule has 5 heteroatoms. The summed E-state index contributed by atoms with van der Waals surface area (Å²) in [6.45, 7) is 4.37. The van der Waals surface area contributed by atoms with Crippen molar-refractivity contribution in [2.45, 2.75) is 13.8 Å². The number of nitrogens with zero attached hydrogens (tertiary/aromatic N) is 2. The second kappa shape index (κ2) is 4.81. The molecule has 5 nitrogen and oxygen atoms in total. The van der Waals surface area contributed by atoms with Crippen LogP contribution in [0.1, 0.15) is 13.8 Å². The van der Waals surface area contributed by atoms with E-state index in [0.29, 0.717) is 12.3 Å². The first kappa shape index (κ1) is 13.2. The van der Waals surface area contributed by atoms with Gasteiger partial charge in [-0.15, -0.1) is 0 Å². The first-order chi connectivity index (χ1) is 8.93. The fraction of sp³-hybridized carbons (Fsp3) is 0.429. The molecule has 1 aromatic rings. The van der Waals surface area contributed by atoms with Gasteiger partial charge in [-0.2, -0.15) is 5.26 Å². The molecule has 0 aromatic heterocycles. The van der Waals surface area contributed by atoms with Gasteiger partial charge in [0.05, 0.1) is 17.2 Å². The fourth-order valence-electron chi connectivity index (χ4n) is 1.74. The Morgan fingerprint density at radius 2 is 2.26 bits per heavy atom. The SMILES string of the molecule is CN1C(=O)COc2ccc(NCC(C)(C)C#N)cc21. The van der Waals surface area contributed by atoms with E-state index in [4.69, 9.17) is 10.00 Å². The van der Waals surface area contributed by atoms with E-state index in [2.05, 4.69) is 11.4 Å². The Bertz CT molecular complexity index is 546. The quantitative estimate of drug-likeness (QED) is 0.901. The van der Waals surface area contributed by atoms with Gasteiger partial charge in [-0.3, -0.25) is 4.79 Å². The number of ether oxygens (including phenoxy) is 1. The normalized spacial score (nSPS) is 14.4. The lowest BCUT2D eigenvalue weighted by Gasteiger charge is -2.26. The molecule has 19 heavy (non-hydrogen) atoms. The molecule has 0 fully saturated rings. The van der Waals surface area contributed by atoms with Gasteiger partial charge >= 0.3 is 0 Å². The molecule has 1 amide bonds. The highest BCUT2D eigenvalue weighted by Crippen LogP contribution is 2.33. The highest BCUT2D eigenvalue weighted by molar-refractivity contribution is 5.97. The Balaban J connectivity index is 2.17. The molecule has 2 rings (SSSR count). The zero-order valence-corrected chi connectivity index (χ0v) is 11.4. The number of anilines is 2. The van der Waals surface area contributed by atoms with Crippen molar-refractivity contribution in [1.29, 1.82) is 5.26 Å². The highest BCUT2D eigenvalue weighted by Gasteiger charge is 2.23. The van der Waals surface area contributed by atoms with Crippen LogP contribution in [-0.4, -0.2) is 26.1 Å².